The average Bonchev–Trinajstić information content (AvgIpc) is 2.79. The standard InChI is InChI=1S/C12H19NO3S2/c1-12(14,10-4-5-17-7-10)9-13-11-3-2-6-18(15,16)8-11/h4-5,7,11,13-14H,2-3,6,8-9H2,1H3. The zero-order chi connectivity index (χ0) is 13.2. The second-order valence-corrected chi connectivity index (χ2v) is 8.13. The summed E-state index contributed by atoms with van der Waals surface area (Å²) in [6, 6.07) is 1.86. The van der Waals surface area contributed by atoms with Crippen molar-refractivity contribution in [3.05, 3.63) is 22.4 Å². The van der Waals surface area contributed by atoms with Crippen molar-refractivity contribution in [1.29, 1.82) is 0 Å². The van der Waals surface area contributed by atoms with Crippen LogP contribution >= 0.6 is 11.3 Å². The summed E-state index contributed by atoms with van der Waals surface area (Å²) in [7, 11) is -2.90. The SMILES string of the molecule is CC(O)(CNC1CCCS(=O)(=O)C1)c1ccsc1. The van der Waals surface area contributed by atoms with E-state index in [1.54, 1.807) is 18.3 Å². The van der Waals surface area contributed by atoms with E-state index in [2.05, 4.69) is 5.32 Å². The van der Waals surface area contributed by atoms with Crippen LogP contribution in [-0.2, 0) is 15.4 Å². The third-order valence-corrected chi connectivity index (χ3v) is 5.85. The van der Waals surface area contributed by atoms with Crippen molar-refractivity contribution >= 4 is 21.2 Å². The molecule has 1 saturated heterocycles. The van der Waals surface area contributed by atoms with Crippen LogP contribution in [0.2, 0.25) is 0 Å². The number of sulfone groups is 1. The van der Waals surface area contributed by atoms with Crippen LogP contribution in [0.4, 0.5) is 0 Å². The van der Waals surface area contributed by atoms with Gasteiger partial charge in [0.15, 0.2) is 9.84 Å². The summed E-state index contributed by atoms with van der Waals surface area (Å²) in [6.45, 7) is 2.13. The van der Waals surface area contributed by atoms with Crippen LogP contribution in [-0.4, -0.2) is 37.6 Å². The molecule has 0 saturated carbocycles. The first-order valence-electron chi connectivity index (χ1n) is 6.08. The van der Waals surface area contributed by atoms with Gasteiger partial charge in [0.25, 0.3) is 0 Å². The quantitative estimate of drug-likeness (QED) is 0.872. The molecular weight excluding hydrogens is 270 g/mol. The molecule has 0 radical (unpaired) electrons. The summed E-state index contributed by atoms with van der Waals surface area (Å²) in [5, 5.41) is 17.4. The number of aliphatic hydroxyl groups is 1. The van der Waals surface area contributed by atoms with E-state index in [0.717, 1.165) is 12.0 Å². The minimum atomic E-state index is -2.90. The van der Waals surface area contributed by atoms with Crippen molar-refractivity contribution in [2.45, 2.75) is 31.4 Å². The molecule has 102 valence electrons. The zero-order valence-electron chi connectivity index (χ0n) is 10.4. The average molecular weight is 289 g/mol. The predicted octanol–water partition coefficient (Wildman–Crippen LogP) is 1.12. The molecule has 1 aromatic heterocycles. The second kappa shape index (κ2) is 5.28. The molecule has 0 aliphatic carbocycles. The predicted molar refractivity (Wildman–Crippen MR) is 73.6 cm³/mol. The van der Waals surface area contributed by atoms with E-state index in [9.17, 15) is 13.5 Å². The topological polar surface area (TPSA) is 66.4 Å². The Labute approximate surface area is 112 Å². The number of hydrogen-bond donors (Lipinski definition) is 2. The van der Waals surface area contributed by atoms with Crippen LogP contribution in [0.3, 0.4) is 0 Å². The largest absolute Gasteiger partial charge is 0.384 e. The molecule has 0 spiro atoms. The smallest absolute Gasteiger partial charge is 0.151 e. The van der Waals surface area contributed by atoms with Gasteiger partial charge in [-0.1, -0.05) is 0 Å². The molecule has 6 heteroatoms. The molecule has 1 fully saturated rings. The van der Waals surface area contributed by atoms with Gasteiger partial charge in [0, 0.05) is 12.6 Å². The summed E-state index contributed by atoms with van der Waals surface area (Å²) in [6.07, 6.45) is 1.57. The molecule has 0 bridgehead atoms. The number of nitrogens with one attached hydrogen (secondary N) is 1. The molecule has 1 aliphatic heterocycles. The summed E-state index contributed by atoms with van der Waals surface area (Å²) >= 11 is 1.54. The molecule has 2 heterocycles. The second-order valence-electron chi connectivity index (χ2n) is 5.12. The van der Waals surface area contributed by atoms with Gasteiger partial charge in [-0.25, -0.2) is 8.42 Å². The Hall–Kier alpha value is -0.430. The van der Waals surface area contributed by atoms with Crippen molar-refractivity contribution in [1.82, 2.24) is 5.32 Å². The van der Waals surface area contributed by atoms with E-state index in [1.807, 2.05) is 16.8 Å². The fourth-order valence-electron chi connectivity index (χ4n) is 2.20. The molecule has 2 atom stereocenters. The van der Waals surface area contributed by atoms with Gasteiger partial charge >= 0.3 is 0 Å². The van der Waals surface area contributed by atoms with Gasteiger partial charge in [-0.3, -0.25) is 0 Å². The molecule has 2 unspecified atom stereocenters. The van der Waals surface area contributed by atoms with Crippen molar-refractivity contribution in [2.24, 2.45) is 0 Å². The molecular formula is C12H19NO3S2. The maximum absolute atomic E-state index is 11.5. The third kappa shape index (κ3) is 3.54. The lowest BCUT2D eigenvalue weighted by atomic mass is 9.98. The van der Waals surface area contributed by atoms with Crippen molar-refractivity contribution in [3.63, 3.8) is 0 Å². The minimum Gasteiger partial charge on any atom is -0.384 e. The van der Waals surface area contributed by atoms with Gasteiger partial charge in [0.2, 0.25) is 0 Å². The van der Waals surface area contributed by atoms with Crippen molar-refractivity contribution in [3.8, 4) is 0 Å². The van der Waals surface area contributed by atoms with E-state index in [0.29, 0.717) is 18.7 Å². The van der Waals surface area contributed by atoms with Gasteiger partial charge in [-0.2, -0.15) is 11.3 Å². The molecule has 4 nitrogen and oxygen atoms in total. The number of thiophene rings is 1. The van der Waals surface area contributed by atoms with Crippen molar-refractivity contribution < 1.29 is 13.5 Å². The highest BCUT2D eigenvalue weighted by Gasteiger charge is 2.28. The normalized spacial score (nSPS) is 26.7. The highest BCUT2D eigenvalue weighted by Crippen LogP contribution is 2.23. The van der Waals surface area contributed by atoms with Gasteiger partial charge in [-0.05, 0) is 42.2 Å². The lowest BCUT2D eigenvalue weighted by Gasteiger charge is -2.28. The van der Waals surface area contributed by atoms with Crippen LogP contribution in [0, 0.1) is 0 Å². The summed E-state index contributed by atoms with van der Waals surface area (Å²) < 4.78 is 23.0. The first-order chi connectivity index (χ1) is 8.39. The zero-order valence-corrected chi connectivity index (χ0v) is 12.1. The summed E-state index contributed by atoms with van der Waals surface area (Å²) in [5.74, 6) is 0.485. The molecule has 0 aromatic carbocycles. The third-order valence-electron chi connectivity index (χ3n) is 3.34. The molecule has 1 aromatic rings. The van der Waals surface area contributed by atoms with Crippen LogP contribution in [0.15, 0.2) is 16.8 Å². The van der Waals surface area contributed by atoms with Crippen LogP contribution in [0.25, 0.3) is 0 Å². The molecule has 2 rings (SSSR count). The summed E-state index contributed by atoms with van der Waals surface area (Å²) in [5.41, 5.74) is -0.0695. The van der Waals surface area contributed by atoms with Crippen molar-refractivity contribution in [2.75, 3.05) is 18.1 Å². The highest BCUT2D eigenvalue weighted by molar-refractivity contribution is 7.91. The van der Waals surface area contributed by atoms with E-state index in [4.69, 9.17) is 0 Å². The Balaban J connectivity index is 1.92. The maximum atomic E-state index is 11.5. The van der Waals surface area contributed by atoms with E-state index < -0.39 is 15.4 Å². The number of rotatable bonds is 4. The lowest BCUT2D eigenvalue weighted by molar-refractivity contribution is 0.0545. The van der Waals surface area contributed by atoms with Crippen LogP contribution in [0.5, 0.6) is 0 Å². The Morgan fingerprint density at radius 3 is 3.00 bits per heavy atom. The maximum Gasteiger partial charge on any atom is 0.151 e. The van der Waals surface area contributed by atoms with Gasteiger partial charge in [0.05, 0.1) is 17.1 Å². The van der Waals surface area contributed by atoms with Crippen LogP contribution < -0.4 is 5.32 Å². The fraction of sp³-hybridized carbons (Fsp3) is 0.667. The first kappa shape index (κ1) is 14.0. The van der Waals surface area contributed by atoms with Crippen LogP contribution in [0.1, 0.15) is 25.3 Å². The van der Waals surface area contributed by atoms with E-state index in [1.165, 1.54) is 0 Å². The molecule has 2 N–H and O–H groups in total. The van der Waals surface area contributed by atoms with Gasteiger partial charge in [0.1, 0.15) is 0 Å². The van der Waals surface area contributed by atoms with E-state index >= 15 is 0 Å². The van der Waals surface area contributed by atoms with E-state index in [-0.39, 0.29) is 11.8 Å². The lowest BCUT2D eigenvalue weighted by Crippen LogP contribution is -2.45. The number of hydrogen-bond acceptors (Lipinski definition) is 5. The first-order valence-corrected chi connectivity index (χ1v) is 8.84. The Kier molecular flexibility index (Phi) is 4.11. The molecule has 0 amide bonds. The van der Waals surface area contributed by atoms with Gasteiger partial charge < -0.3 is 10.4 Å². The Morgan fingerprint density at radius 1 is 1.61 bits per heavy atom. The highest BCUT2D eigenvalue weighted by atomic mass is 32.2. The summed E-state index contributed by atoms with van der Waals surface area (Å²) in [4.78, 5) is 0. The molecule has 1 aliphatic rings. The Bertz CT molecular complexity index is 479. The Morgan fingerprint density at radius 2 is 2.39 bits per heavy atom. The monoisotopic (exact) mass is 289 g/mol. The molecule has 18 heavy (non-hydrogen) atoms. The van der Waals surface area contributed by atoms with Gasteiger partial charge in [-0.15, -0.1) is 0 Å². The minimum absolute atomic E-state index is 0.0335. The fourth-order valence-corrected chi connectivity index (χ4v) is 4.65.